The van der Waals surface area contributed by atoms with Crippen LogP contribution >= 0.6 is 0 Å². The smallest absolute Gasteiger partial charge is 0.308 e. The average Bonchev–Trinajstić information content (AvgIpc) is 2.75. The fourth-order valence-electron chi connectivity index (χ4n) is 2.91. The highest BCUT2D eigenvalue weighted by Gasteiger charge is 2.21. The zero-order valence-electron chi connectivity index (χ0n) is 15.7. The lowest BCUT2D eigenvalue weighted by Gasteiger charge is -2.10. The third-order valence-electron chi connectivity index (χ3n) is 4.30. The van der Waals surface area contributed by atoms with E-state index in [0.29, 0.717) is 11.0 Å². The highest BCUT2D eigenvalue weighted by atomic mass is 19.2. The maximum atomic E-state index is 14.4. The first-order valence-corrected chi connectivity index (χ1v) is 9.00. The summed E-state index contributed by atoms with van der Waals surface area (Å²) in [4.78, 5) is 33.1. The summed E-state index contributed by atoms with van der Waals surface area (Å²) >= 11 is 0. The Morgan fingerprint density at radius 3 is 2.42 bits per heavy atom. The van der Waals surface area contributed by atoms with E-state index in [1.54, 1.807) is 24.4 Å². The number of ketones is 1. The third-order valence-corrected chi connectivity index (χ3v) is 4.30. The van der Waals surface area contributed by atoms with Gasteiger partial charge in [0.25, 0.3) is 0 Å². The van der Waals surface area contributed by atoms with E-state index in [9.17, 15) is 22.8 Å². The zero-order chi connectivity index (χ0) is 22.0. The number of carbonyl (C=O) groups excluding carboxylic acids is 2. The van der Waals surface area contributed by atoms with Gasteiger partial charge in [-0.3, -0.25) is 9.78 Å². The number of amides is 2. The van der Waals surface area contributed by atoms with Crippen LogP contribution in [-0.4, -0.2) is 21.8 Å². The van der Waals surface area contributed by atoms with Crippen molar-refractivity contribution in [2.45, 2.75) is 0 Å². The Labute approximate surface area is 173 Å². The fourth-order valence-corrected chi connectivity index (χ4v) is 2.91. The Kier molecular flexibility index (Phi) is 5.31. The van der Waals surface area contributed by atoms with Crippen molar-refractivity contribution >= 4 is 34.2 Å². The Balaban J connectivity index is 1.61. The van der Waals surface area contributed by atoms with Crippen LogP contribution < -0.4 is 10.6 Å². The van der Waals surface area contributed by atoms with Crippen LogP contribution in [0.3, 0.4) is 0 Å². The molecule has 0 aliphatic carbocycles. The first-order valence-electron chi connectivity index (χ1n) is 9.00. The molecule has 2 amide bonds. The molecule has 0 unspecified atom stereocenters. The van der Waals surface area contributed by atoms with Crippen LogP contribution in [-0.2, 0) is 0 Å². The number of hydrogen-bond donors (Lipinski definition) is 2. The summed E-state index contributed by atoms with van der Waals surface area (Å²) in [7, 11) is 0. The first-order chi connectivity index (χ1) is 14.9. The van der Waals surface area contributed by atoms with Gasteiger partial charge in [0.2, 0.25) is 5.78 Å². The summed E-state index contributed by atoms with van der Waals surface area (Å²) in [6.45, 7) is 0. The highest BCUT2D eigenvalue weighted by molar-refractivity contribution is 6.09. The number of urea groups is 1. The summed E-state index contributed by atoms with van der Waals surface area (Å²) in [5.41, 5.74) is 0.231. The molecule has 2 heterocycles. The number of carbonyl (C=O) groups is 2. The summed E-state index contributed by atoms with van der Waals surface area (Å²) in [6.07, 6.45) is 1.56. The SMILES string of the molecule is O=C(Nc1cccc(F)c1)Nc1cc(F)c(F)c(C(=O)c2ccc3ncccc3n2)c1. The molecule has 0 saturated carbocycles. The van der Waals surface area contributed by atoms with Gasteiger partial charge < -0.3 is 10.6 Å². The molecule has 0 radical (unpaired) electrons. The van der Waals surface area contributed by atoms with Crippen molar-refractivity contribution in [3.63, 3.8) is 0 Å². The minimum absolute atomic E-state index is 0.111. The van der Waals surface area contributed by atoms with E-state index >= 15 is 0 Å². The third kappa shape index (κ3) is 4.35. The molecule has 0 bridgehead atoms. The molecular weight excluding hydrogens is 409 g/mol. The molecule has 0 spiro atoms. The monoisotopic (exact) mass is 422 g/mol. The van der Waals surface area contributed by atoms with Crippen molar-refractivity contribution in [2.24, 2.45) is 0 Å². The number of halogens is 3. The molecule has 4 rings (SSSR count). The lowest BCUT2D eigenvalue weighted by atomic mass is 10.1. The molecule has 0 atom stereocenters. The minimum Gasteiger partial charge on any atom is -0.308 e. The van der Waals surface area contributed by atoms with Gasteiger partial charge in [-0.05, 0) is 48.5 Å². The highest BCUT2D eigenvalue weighted by Crippen LogP contribution is 2.22. The van der Waals surface area contributed by atoms with Gasteiger partial charge in [0.05, 0.1) is 16.6 Å². The van der Waals surface area contributed by atoms with E-state index in [4.69, 9.17) is 0 Å². The maximum Gasteiger partial charge on any atom is 0.323 e. The van der Waals surface area contributed by atoms with Crippen molar-refractivity contribution in [1.82, 2.24) is 9.97 Å². The number of hydrogen-bond acceptors (Lipinski definition) is 4. The van der Waals surface area contributed by atoms with E-state index in [1.165, 1.54) is 24.3 Å². The second kappa shape index (κ2) is 8.23. The van der Waals surface area contributed by atoms with Gasteiger partial charge in [-0.2, -0.15) is 0 Å². The molecule has 4 aromatic rings. The number of pyridine rings is 2. The minimum atomic E-state index is -1.37. The molecule has 0 saturated heterocycles. The van der Waals surface area contributed by atoms with E-state index < -0.39 is 34.8 Å². The zero-order valence-corrected chi connectivity index (χ0v) is 15.7. The van der Waals surface area contributed by atoms with Crippen LogP contribution in [0, 0.1) is 17.5 Å². The molecule has 2 aromatic carbocycles. The lowest BCUT2D eigenvalue weighted by Crippen LogP contribution is -2.20. The first kappa shape index (κ1) is 20.0. The van der Waals surface area contributed by atoms with Crippen molar-refractivity contribution < 1.29 is 22.8 Å². The Hall–Kier alpha value is -4.27. The number of fused-ring (bicyclic) bond motifs is 1. The van der Waals surface area contributed by atoms with Crippen LogP contribution in [0.2, 0.25) is 0 Å². The topological polar surface area (TPSA) is 84.0 Å². The number of nitrogens with one attached hydrogen (secondary N) is 2. The quantitative estimate of drug-likeness (QED) is 0.457. The summed E-state index contributed by atoms with van der Waals surface area (Å²) in [5.74, 6) is -4.11. The number of rotatable bonds is 4. The lowest BCUT2D eigenvalue weighted by molar-refractivity contribution is 0.103. The van der Waals surface area contributed by atoms with Gasteiger partial charge >= 0.3 is 6.03 Å². The predicted molar refractivity (Wildman–Crippen MR) is 108 cm³/mol. The van der Waals surface area contributed by atoms with Gasteiger partial charge in [-0.25, -0.2) is 22.9 Å². The number of aromatic nitrogens is 2. The van der Waals surface area contributed by atoms with E-state index in [0.717, 1.165) is 18.2 Å². The standard InChI is InChI=1S/C22H13F3N4O2/c23-12-3-1-4-13(9-12)27-22(31)28-14-10-15(20(25)16(24)11-14)21(30)19-7-6-17-18(29-19)5-2-8-26-17/h1-11H,(H2,27,28,31). The number of benzene rings is 2. The second-order valence-electron chi connectivity index (χ2n) is 6.48. The molecule has 9 heteroatoms. The largest absolute Gasteiger partial charge is 0.323 e. The van der Waals surface area contributed by atoms with Crippen molar-refractivity contribution in [1.29, 1.82) is 0 Å². The van der Waals surface area contributed by atoms with Crippen LogP contribution in [0.5, 0.6) is 0 Å². The van der Waals surface area contributed by atoms with Crippen LogP contribution in [0.1, 0.15) is 16.1 Å². The van der Waals surface area contributed by atoms with Gasteiger partial charge in [0.1, 0.15) is 11.5 Å². The van der Waals surface area contributed by atoms with Crippen molar-refractivity contribution in [2.75, 3.05) is 10.6 Å². The van der Waals surface area contributed by atoms with Crippen molar-refractivity contribution in [3.05, 3.63) is 95.6 Å². The van der Waals surface area contributed by atoms with Gasteiger partial charge in [0.15, 0.2) is 11.6 Å². The number of nitrogens with zero attached hydrogens (tertiary/aromatic N) is 2. The predicted octanol–water partition coefficient (Wildman–Crippen LogP) is 4.92. The van der Waals surface area contributed by atoms with Crippen molar-refractivity contribution in [3.8, 4) is 0 Å². The Morgan fingerprint density at radius 2 is 1.61 bits per heavy atom. The molecule has 2 aromatic heterocycles. The summed E-state index contributed by atoms with van der Waals surface area (Å²) < 4.78 is 41.7. The van der Waals surface area contributed by atoms with E-state index in [1.807, 2.05) is 0 Å². The Morgan fingerprint density at radius 1 is 0.806 bits per heavy atom. The molecule has 0 aliphatic heterocycles. The average molecular weight is 422 g/mol. The molecule has 31 heavy (non-hydrogen) atoms. The maximum absolute atomic E-state index is 14.4. The number of anilines is 2. The van der Waals surface area contributed by atoms with Gasteiger partial charge in [-0.15, -0.1) is 0 Å². The van der Waals surface area contributed by atoms with Gasteiger partial charge in [-0.1, -0.05) is 6.07 Å². The van der Waals surface area contributed by atoms with Crippen LogP contribution in [0.15, 0.2) is 66.9 Å². The Bertz CT molecular complexity index is 1330. The second-order valence-corrected chi connectivity index (χ2v) is 6.48. The summed E-state index contributed by atoms with van der Waals surface area (Å²) in [6, 6.07) is 12.2. The molecular formula is C22H13F3N4O2. The summed E-state index contributed by atoms with van der Waals surface area (Å²) in [5, 5.41) is 4.65. The normalized spacial score (nSPS) is 10.7. The van der Waals surface area contributed by atoms with Gasteiger partial charge in [0, 0.05) is 23.6 Å². The van der Waals surface area contributed by atoms with Crippen LogP contribution in [0.4, 0.5) is 29.3 Å². The molecule has 6 nitrogen and oxygen atoms in total. The molecule has 0 aliphatic rings. The molecule has 2 N–H and O–H groups in total. The fraction of sp³-hybridized carbons (Fsp3) is 0. The van der Waals surface area contributed by atoms with Crippen LogP contribution in [0.25, 0.3) is 11.0 Å². The molecule has 154 valence electrons. The van der Waals surface area contributed by atoms with E-state index in [-0.39, 0.29) is 17.1 Å². The molecule has 0 fully saturated rings. The van der Waals surface area contributed by atoms with E-state index in [2.05, 4.69) is 20.6 Å².